The molecule has 0 aliphatic rings. The van der Waals surface area contributed by atoms with E-state index in [1.807, 2.05) is 46.8 Å². The van der Waals surface area contributed by atoms with Crippen molar-refractivity contribution >= 4 is 17.5 Å². The molecule has 6 nitrogen and oxygen atoms in total. The molecule has 2 N–H and O–H groups in total. The third-order valence-electron chi connectivity index (χ3n) is 4.77. The Balaban J connectivity index is 2.24. The summed E-state index contributed by atoms with van der Waals surface area (Å²) < 4.78 is 10.4. The lowest BCUT2D eigenvalue weighted by molar-refractivity contribution is -0.118. The largest absolute Gasteiger partial charge is 0.497 e. The topological polar surface area (TPSA) is 76.7 Å². The molecule has 1 atom stereocenters. The van der Waals surface area contributed by atoms with E-state index in [-0.39, 0.29) is 17.7 Å². The fourth-order valence-corrected chi connectivity index (χ4v) is 3.28. The molecule has 0 radical (unpaired) electrons. The van der Waals surface area contributed by atoms with Crippen molar-refractivity contribution in [2.24, 2.45) is 5.92 Å². The van der Waals surface area contributed by atoms with E-state index in [1.54, 1.807) is 18.2 Å². The average Bonchev–Trinajstić information content (AvgIpc) is 2.67. The van der Waals surface area contributed by atoms with Crippen molar-refractivity contribution in [1.82, 2.24) is 5.32 Å². The molecule has 0 spiro atoms. The van der Waals surface area contributed by atoms with Crippen LogP contribution in [0.5, 0.6) is 11.5 Å². The van der Waals surface area contributed by atoms with E-state index < -0.39 is 6.04 Å². The summed E-state index contributed by atoms with van der Waals surface area (Å²) in [7, 11) is 3.04. The lowest BCUT2D eigenvalue weighted by atomic mass is 10.0. The second kappa shape index (κ2) is 9.45. The number of amides is 2. The van der Waals surface area contributed by atoms with Crippen LogP contribution in [0, 0.1) is 26.7 Å². The van der Waals surface area contributed by atoms with Gasteiger partial charge in [-0.1, -0.05) is 31.5 Å². The SMILES string of the molecule is COc1cc(OC)cc(C(=O)N[C@@H](C(=O)Nc2c(C)cc(C)cc2C)C(C)C)c1. The van der Waals surface area contributed by atoms with Gasteiger partial charge >= 0.3 is 0 Å². The molecule has 2 amide bonds. The molecule has 0 aliphatic heterocycles. The molecule has 2 rings (SSSR count). The number of rotatable bonds is 7. The third-order valence-corrected chi connectivity index (χ3v) is 4.77. The van der Waals surface area contributed by atoms with Crippen LogP contribution in [0.3, 0.4) is 0 Å². The summed E-state index contributed by atoms with van der Waals surface area (Å²) in [5, 5.41) is 5.83. The first-order chi connectivity index (χ1) is 13.7. The molecule has 0 fully saturated rings. The zero-order valence-electron chi connectivity index (χ0n) is 18.2. The van der Waals surface area contributed by atoms with Crippen molar-refractivity contribution in [3.05, 3.63) is 52.6 Å². The summed E-state index contributed by atoms with van der Waals surface area (Å²) in [6, 6.07) is 8.26. The fraction of sp³-hybridized carbons (Fsp3) is 0.391. The molecule has 0 saturated heterocycles. The highest BCUT2D eigenvalue weighted by atomic mass is 16.5. The van der Waals surface area contributed by atoms with Crippen molar-refractivity contribution < 1.29 is 19.1 Å². The Morgan fingerprint density at radius 2 is 1.38 bits per heavy atom. The van der Waals surface area contributed by atoms with Crippen molar-refractivity contribution in [2.45, 2.75) is 40.7 Å². The first-order valence-corrected chi connectivity index (χ1v) is 9.59. The van der Waals surface area contributed by atoms with Gasteiger partial charge in [0.05, 0.1) is 14.2 Å². The Kier molecular flexibility index (Phi) is 7.26. The molecule has 0 heterocycles. The molecule has 0 aliphatic carbocycles. The number of carbonyl (C=O) groups excluding carboxylic acids is 2. The molecule has 0 bridgehead atoms. The number of benzene rings is 2. The molecule has 0 unspecified atom stereocenters. The summed E-state index contributed by atoms with van der Waals surface area (Å²) >= 11 is 0. The molecule has 156 valence electrons. The van der Waals surface area contributed by atoms with Crippen LogP contribution in [0.1, 0.15) is 40.9 Å². The van der Waals surface area contributed by atoms with Crippen molar-refractivity contribution in [2.75, 3.05) is 19.5 Å². The van der Waals surface area contributed by atoms with Gasteiger partial charge in [0.25, 0.3) is 5.91 Å². The van der Waals surface area contributed by atoms with Gasteiger partial charge in [-0.25, -0.2) is 0 Å². The Bertz CT molecular complexity index is 860. The zero-order valence-corrected chi connectivity index (χ0v) is 18.2. The van der Waals surface area contributed by atoms with E-state index in [2.05, 4.69) is 10.6 Å². The van der Waals surface area contributed by atoms with Gasteiger partial charge in [-0.15, -0.1) is 0 Å². The quantitative estimate of drug-likeness (QED) is 0.738. The Morgan fingerprint density at radius 1 is 0.862 bits per heavy atom. The molecule has 0 aromatic heterocycles. The van der Waals surface area contributed by atoms with Gasteiger partial charge in [-0.2, -0.15) is 0 Å². The maximum atomic E-state index is 13.0. The van der Waals surface area contributed by atoms with E-state index in [9.17, 15) is 9.59 Å². The second-order valence-corrected chi connectivity index (χ2v) is 7.56. The minimum absolute atomic E-state index is 0.0995. The standard InChI is InChI=1S/C23H30N2O4/c1-13(2)20(23(27)25-21-15(4)8-14(3)9-16(21)5)24-22(26)17-10-18(28-6)12-19(11-17)29-7/h8-13,20H,1-7H3,(H,24,26)(H,25,27)/t20-/m1/s1. The number of ether oxygens (including phenoxy) is 2. The van der Waals surface area contributed by atoms with Crippen LogP contribution in [0.15, 0.2) is 30.3 Å². The van der Waals surface area contributed by atoms with E-state index in [4.69, 9.17) is 9.47 Å². The number of methoxy groups -OCH3 is 2. The van der Waals surface area contributed by atoms with E-state index >= 15 is 0 Å². The minimum atomic E-state index is -0.695. The van der Waals surface area contributed by atoms with Crippen LogP contribution in [0.25, 0.3) is 0 Å². The van der Waals surface area contributed by atoms with Gasteiger partial charge in [0, 0.05) is 17.3 Å². The van der Waals surface area contributed by atoms with Gasteiger partial charge in [-0.3, -0.25) is 9.59 Å². The highest BCUT2D eigenvalue weighted by molar-refractivity contribution is 6.02. The first kappa shape index (κ1) is 22.3. The van der Waals surface area contributed by atoms with E-state index in [1.165, 1.54) is 14.2 Å². The van der Waals surface area contributed by atoms with Crippen molar-refractivity contribution in [3.63, 3.8) is 0 Å². The third kappa shape index (κ3) is 5.50. The van der Waals surface area contributed by atoms with Crippen molar-refractivity contribution in [3.8, 4) is 11.5 Å². The van der Waals surface area contributed by atoms with Gasteiger partial charge in [0.1, 0.15) is 17.5 Å². The van der Waals surface area contributed by atoms with Gasteiger partial charge < -0.3 is 20.1 Å². The number of hydrogen-bond acceptors (Lipinski definition) is 4. The van der Waals surface area contributed by atoms with Crippen LogP contribution in [0.4, 0.5) is 5.69 Å². The Morgan fingerprint density at radius 3 is 1.83 bits per heavy atom. The number of nitrogens with one attached hydrogen (secondary N) is 2. The molecular formula is C23H30N2O4. The number of anilines is 1. The zero-order chi connectivity index (χ0) is 21.7. The first-order valence-electron chi connectivity index (χ1n) is 9.59. The predicted molar refractivity (Wildman–Crippen MR) is 115 cm³/mol. The predicted octanol–water partition coefficient (Wildman–Crippen LogP) is 4.02. The van der Waals surface area contributed by atoms with E-state index in [0.717, 1.165) is 22.4 Å². The maximum Gasteiger partial charge on any atom is 0.252 e. The molecule has 2 aromatic rings. The van der Waals surface area contributed by atoms with Gasteiger partial charge in [-0.05, 0) is 49.9 Å². The molecule has 0 saturated carbocycles. The highest BCUT2D eigenvalue weighted by Crippen LogP contribution is 2.24. The van der Waals surface area contributed by atoms with Crippen LogP contribution < -0.4 is 20.1 Å². The van der Waals surface area contributed by atoms with Crippen LogP contribution in [-0.4, -0.2) is 32.1 Å². The smallest absolute Gasteiger partial charge is 0.252 e. The maximum absolute atomic E-state index is 13.0. The lowest BCUT2D eigenvalue weighted by Gasteiger charge is -2.23. The summed E-state index contributed by atoms with van der Waals surface area (Å²) in [6.07, 6.45) is 0. The second-order valence-electron chi connectivity index (χ2n) is 7.56. The molecule has 29 heavy (non-hydrogen) atoms. The summed E-state index contributed by atoms with van der Waals surface area (Å²) in [5.74, 6) is 0.293. The normalized spacial score (nSPS) is 11.7. The Labute approximate surface area is 172 Å². The monoisotopic (exact) mass is 398 g/mol. The number of aryl methyl sites for hydroxylation is 3. The number of carbonyl (C=O) groups is 2. The minimum Gasteiger partial charge on any atom is -0.497 e. The Hall–Kier alpha value is -3.02. The van der Waals surface area contributed by atoms with Crippen LogP contribution in [0.2, 0.25) is 0 Å². The summed E-state index contributed by atoms with van der Waals surface area (Å²) in [5.41, 5.74) is 4.26. The molecule has 2 aromatic carbocycles. The van der Waals surface area contributed by atoms with Gasteiger partial charge in [0.2, 0.25) is 5.91 Å². The van der Waals surface area contributed by atoms with Gasteiger partial charge in [0.15, 0.2) is 0 Å². The molecular weight excluding hydrogens is 368 g/mol. The highest BCUT2D eigenvalue weighted by Gasteiger charge is 2.26. The fourth-order valence-electron chi connectivity index (χ4n) is 3.28. The van der Waals surface area contributed by atoms with Crippen molar-refractivity contribution in [1.29, 1.82) is 0 Å². The summed E-state index contributed by atoms with van der Waals surface area (Å²) in [6.45, 7) is 9.73. The average molecular weight is 399 g/mol. The lowest BCUT2D eigenvalue weighted by Crippen LogP contribution is -2.47. The van der Waals surface area contributed by atoms with E-state index in [0.29, 0.717) is 17.1 Å². The van der Waals surface area contributed by atoms with Crippen LogP contribution >= 0.6 is 0 Å². The number of hydrogen-bond donors (Lipinski definition) is 2. The molecule has 6 heteroatoms. The van der Waals surface area contributed by atoms with Crippen LogP contribution in [-0.2, 0) is 4.79 Å². The summed E-state index contributed by atoms with van der Waals surface area (Å²) in [4.78, 5) is 25.8.